The molecule has 1 amide bonds. The Morgan fingerprint density at radius 2 is 1.76 bits per heavy atom. The molecule has 1 aromatic carbocycles. The Bertz CT molecular complexity index is 1420. The monoisotopic (exact) mass is 570 g/mol. The van der Waals surface area contributed by atoms with E-state index < -0.39 is 0 Å². The zero-order chi connectivity index (χ0) is 28.1. The number of carbonyl (C=O) groups is 1. The standard InChI is InChI=1S/C34H42N4O4/c39-31(25-5-2-1-3-6-25)38(22-33-13-15-34(21-33,16-14-33)32-36-29(37-42-32)23-9-10-23)27-8-4-7-26(19-27)28-20-35-30(41-28)24-11-17-40-18-12-24/h4,7-8,19-20,23-25H,1-3,5-6,9-18,21-22H2. The number of ether oxygens (including phenoxy) is 1. The minimum atomic E-state index is -0.0259. The lowest BCUT2D eigenvalue weighted by Crippen LogP contribution is -2.43. The van der Waals surface area contributed by atoms with Crippen molar-refractivity contribution in [1.82, 2.24) is 15.1 Å². The molecular weight excluding hydrogens is 528 g/mol. The average molecular weight is 571 g/mol. The van der Waals surface area contributed by atoms with Crippen molar-refractivity contribution in [2.75, 3.05) is 24.7 Å². The Morgan fingerprint density at radius 1 is 0.952 bits per heavy atom. The van der Waals surface area contributed by atoms with Gasteiger partial charge in [-0.25, -0.2) is 4.98 Å². The lowest BCUT2D eigenvalue weighted by Gasteiger charge is -2.36. The second-order valence-corrected chi connectivity index (χ2v) is 13.9. The second-order valence-electron chi connectivity index (χ2n) is 13.9. The Morgan fingerprint density at radius 3 is 2.55 bits per heavy atom. The van der Waals surface area contributed by atoms with Gasteiger partial charge >= 0.3 is 0 Å². The zero-order valence-electron chi connectivity index (χ0n) is 24.6. The number of oxazole rings is 1. The molecule has 4 saturated carbocycles. The van der Waals surface area contributed by atoms with Crippen molar-refractivity contribution in [2.45, 2.75) is 107 Å². The smallest absolute Gasteiger partial charge is 0.232 e. The van der Waals surface area contributed by atoms with Crippen molar-refractivity contribution < 1.29 is 18.5 Å². The lowest BCUT2D eigenvalue weighted by molar-refractivity contribution is -0.123. The highest BCUT2D eigenvalue weighted by atomic mass is 16.5. The maximum absolute atomic E-state index is 14.3. The van der Waals surface area contributed by atoms with Gasteiger partial charge in [0.25, 0.3) is 0 Å². The molecule has 0 spiro atoms. The maximum Gasteiger partial charge on any atom is 0.232 e. The summed E-state index contributed by atoms with van der Waals surface area (Å²) in [4.78, 5) is 26.0. The van der Waals surface area contributed by atoms with Crippen LogP contribution in [0.1, 0.15) is 119 Å². The molecule has 0 unspecified atom stereocenters. The summed E-state index contributed by atoms with van der Waals surface area (Å²) >= 11 is 0. The van der Waals surface area contributed by atoms with E-state index in [2.05, 4.69) is 39.3 Å². The number of hydrogen-bond acceptors (Lipinski definition) is 7. The normalized spacial score (nSPS) is 28.4. The van der Waals surface area contributed by atoms with E-state index in [0.29, 0.717) is 17.7 Å². The first-order valence-corrected chi connectivity index (χ1v) is 16.4. The molecule has 42 heavy (non-hydrogen) atoms. The first-order valence-electron chi connectivity index (χ1n) is 16.4. The number of carbonyl (C=O) groups excluding carboxylic acids is 1. The minimum absolute atomic E-state index is 0.0259. The first kappa shape index (κ1) is 26.6. The predicted octanol–water partition coefficient (Wildman–Crippen LogP) is 7.31. The number of benzene rings is 1. The third-order valence-corrected chi connectivity index (χ3v) is 11.1. The van der Waals surface area contributed by atoms with Crippen LogP contribution >= 0.6 is 0 Å². The van der Waals surface area contributed by atoms with E-state index in [4.69, 9.17) is 18.7 Å². The van der Waals surface area contributed by atoms with Crippen LogP contribution < -0.4 is 4.90 Å². The van der Waals surface area contributed by atoms with Crippen LogP contribution in [-0.2, 0) is 14.9 Å². The first-order chi connectivity index (χ1) is 20.6. The Balaban J connectivity index is 1.07. The Kier molecular flexibility index (Phi) is 6.73. The molecular formula is C34H42N4O4. The second kappa shape index (κ2) is 10.6. The molecule has 5 fully saturated rings. The number of amides is 1. The minimum Gasteiger partial charge on any atom is -0.440 e. The molecule has 1 saturated heterocycles. The van der Waals surface area contributed by atoms with E-state index >= 15 is 0 Å². The third-order valence-electron chi connectivity index (χ3n) is 11.1. The van der Waals surface area contributed by atoms with Crippen LogP contribution in [0.5, 0.6) is 0 Å². The van der Waals surface area contributed by atoms with Crippen LogP contribution in [0.25, 0.3) is 11.3 Å². The van der Waals surface area contributed by atoms with Crippen molar-refractivity contribution >= 4 is 11.6 Å². The number of nitrogens with zero attached hydrogens (tertiary/aromatic N) is 4. The van der Waals surface area contributed by atoms with Gasteiger partial charge in [-0.1, -0.05) is 36.6 Å². The molecule has 3 heterocycles. The molecule has 0 atom stereocenters. The van der Waals surface area contributed by atoms with Crippen LogP contribution in [0.4, 0.5) is 5.69 Å². The average Bonchev–Trinajstić information content (AvgIpc) is 3.42. The maximum atomic E-state index is 14.3. The molecule has 8 rings (SSSR count). The summed E-state index contributed by atoms with van der Waals surface area (Å²) in [6.45, 7) is 2.27. The van der Waals surface area contributed by atoms with Crippen molar-refractivity contribution in [2.24, 2.45) is 11.3 Å². The van der Waals surface area contributed by atoms with Gasteiger partial charge in [0.15, 0.2) is 17.5 Å². The highest BCUT2D eigenvalue weighted by molar-refractivity contribution is 5.95. The van der Waals surface area contributed by atoms with Crippen LogP contribution in [0.15, 0.2) is 39.4 Å². The summed E-state index contributed by atoms with van der Waals surface area (Å²) in [6, 6.07) is 8.38. The number of hydrogen-bond donors (Lipinski definition) is 0. The SMILES string of the molecule is O=C(C1CCCCC1)N(CC12CCC(c3nc(C4CC4)no3)(CC1)C2)c1cccc(-c2cnc(C3CCOCC3)o2)c1. The van der Waals surface area contributed by atoms with E-state index in [9.17, 15) is 4.79 Å². The van der Waals surface area contributed by atoms with Crippen LogP contribution in [0.3, 0.4) is 0 Å². The molecule has 8 nitrogen and oxygen atoms in total. The molecule has 222 valence electrons. The summed E-state index contributed by atoms with van der Waals surface area (Å²) < 4.78 is 17.7. The van der Waals surface area contributed by atoms with Gasteiger partial charge in [-0.15, -0.1) is 0 Å². The molecule has 8 heteroatoms. The highest BCUT2D eigenvalue weighted by Gasteiger charge is 2.58. The van der Waals surface area contributed by atoms with Crippen molar-refractivity contribution in [3.63, 3.8) is 0 Å². The van der Waals surface area contributed by atoms with E-state index in [1.165, 1.54) is 19.3 Å². The Labute approximate surface area is 247 Å². The van der Waals surface area contributed by atoms with E-state index in [1.54, 1.807) is 0 Å². The van der Waals surface area contributed by atoms with Gasteiger partial charge in [0, 0.05) is 48.8 Å². The third kappa shape index (κ3) is 4.89. The molecule has 0 radical (unpaired) electrons. The molecule has 3 aromatic rings. The van der Waals surface area contributed by atoms with E-state index in [1.807, 2.05) is 6.20 Å². The quantitative estimate of drug-likeness (QED) is 0.280. The van der Waals surface area contributed by atoms with Gasteiger partial charge in [-0.3, -0.25) is 4.79 Å². The molecule has 2 bridgehead atoms. The van der Waals surface area contributed by atoms with Gasteiger partial charge in [-0.05, 0) is 88.2 Å². The largest absolute Gasteiger partial charge is 0.440 e. The van der Waals surface area contributed by atoms with Crippen LogP contribution in [-0.4, -0.2) is 40.8 Å². The van der Waals surface area contributed by atoms with Crippen LogP contribution in [0.2, 0.25) is 0 Å². The molecule has 4 aliphatic carbocycles. The summed E-state index contributed by atoms with van der Waals surface area (Å²) in [6.07, 6.45) is 17.0. The number of aromatic nitrogens is 3. The summed E-state index contributed by atoms with van der Waals surface area (Å²) in [5.41, 5.74) is 2.00. The van der Waals surface area contributed by atoms with Crippen molar-refractivity contribution in [3.05, 3.63) is 48.1 Å². The highest BCUT2D eigenvalue weighted by Crippen LogP contribution is 2.62. The summed E-state index contributed by atoms with van der Waals surface area (Å²) in [5.74, 6) is 4.53. The fraction of sp³-hybridized carbons (Fsp3) is 0.647. The lowest BCUT2D eigenvalue weighted by atomic mass is 9.81. The molecule has 2 aromatic heterocycles. The van der Waals surface area contributed by atoms with Crippen molar-refractivity contribution in [1.29, 1.82) is 0 Å². The number of fused-ring (bicyclic) bond motifs is 2. The topological polar surface area (TPSA) is 94.5 Å². The molecule has 5 aliphatic rings. The summed E-state index contributed by atoms with van der Waals surface area (Å²) in [7, 11) is 0. The van der Waals surface area contributed by atoms with Crippen LogP contribution in [0, 0.1) is 11.3 Å². The van der Waals surface area contributed by atoms with Gasteiger partial charge < -0.3 is 18.6 Å². The molecule has 1 aliphatic heterocycles. The fourth-order valence-electron chi connectivity index (χ4n) is 8.37. The Hall–Kier alpha value is -3.00. The van der Waals surface area contributed by atoms with Gasteiger partial charge in [0.05, 0.1) is 11.6 Å². The number of anilines is 1. The number of rotatable bonds is 8. The van der Waals surface area contributed by atoms with E-state index in [-0.39, 0.29) is 16.7 Å². The predicted molar refractivity (Wildman–Crippen MR) is 157 cm³/mol. The van der Waals surface area contributed by atoms with Gasteiger partial charge in [0.2, 0.25) is 11.8 Å². The van der Waals surface area contributed by atoms with E-state index in [0.717, 1.165) is 125 Å². The van der Waals surface area contributed by atoms with Gasteiger partial charge in [-0.2, -0.15) is 4.98 Å². The zero-order valence-corrected chi connectivity index (χ0v) is 24.6. The molecule has 0 N–H and O–H groups in total. The van der Waals surface area contributed by atoms with Crippen molar-refractivity contribution in [3.8, 4) is 11.3 Å². The summed E-state index contributed by atoms with van der Waals surface area (Å²) in [5, 5.41) is 4.35. The fourth-order valence-corrected chi connectivity index (χ4v) is 8.37. The van der Waals surface area contributed by atoms with Gasteiger partial charge in [0.1, 0.15) is 0 Å².